The molecule has 1 rings (SSSR count). The number of alkyl halides is 2. The molecule has 0 radical (unpaired) electrons. The van der Waals surface area contributed by atoms with E-state index in [-0.39, 0.29) is 16.6 Å². The highest BCUT2D eigenvalue weighted by Gasteiger charge is 2.15. The fourth-order valence-electron chi connectivity index (χ4n) is 0.941. The second kappa shape index (κ2) is 3.87. The van der Waals surface area contributed by atoms with Crippen molar-refractivity contribution in [2.45, 2.75) is 13.3 Å². The first kappa shape index (κ1) is 10.2. The van der Waals surface area contributed by atoms with Crippen molar-refractivity contribution >= 4 is 11.6 Å². The van der Waals surface area contributed by atoms with E-state index in [2.05, 4.69) is 4.98 Å². The molecule has 1 aromatic rings. The quantitative estimate of drug-likeness (QED) is 0.744. The Labute approximate surface area is 79.5 Å². The molecule has 1 aromatic heterocycles. The van der Waals surface area contributed by atoms with Gasteiger partial charge in [0.15, 0.2) is 0 Å². The van der Waals surface area contributed by atoms with Gasteiger partial charge in [-0.3, -0.25) is 0 Å². The molecule has 5 heteroatoms. The number of rotatable bonds is 2. The Balaban J connectivity index is 3.22. The Hall–Kier alpha value is -0.900. The molecule has 0 spiro atoms. The fraction of sp³-hybridized carbons (Fsp3) is 0.375. The van der Waals surface area contributed by atoms with Crippen LogP contribution in [0.5, 0.6) is 5.88 Å². The lowest BCUT2D eigenvalue weighted by Gasteiger charge is -2.07. The van der Waals surface area contributed by atoms with Crippen molar-refractivity contribution in [1.82, 2.24) is 4.98 Å². The largest absolute Gasteiger partial charge is 0.480 e. The van der Waals surface area contributed by atoms with Crippen LogP contribution in [-0.4, -0.2) is 12.1 Å². The zero-order chi connectivity index (χ0) is 10.0. The number of nitrogens with zero attached hydrogens (tertiary/aromatic N) is 1. The van der Waals surface area contributed by atoms with Gasteiger partial charge in [-0.05, 0) is 18.6 Å². The third-order valence-corrected chi connectivity index (χ3v) is 1.84. The molecule has 0 N–H and O–H groups in total. The van der Waals surface area contributed by atoms with Gasteiger partial charge < -0.3 is 4.74 Å². The fourth-order valence-corrected chi connectivity index (χ4v) is 1.22. The molecule has 0 saturated carbocycles. The summed E-state index contributed by atoms with van der Waals surface area (Å²) < 4.78 is 29.3. The molecule has 0 fully saturated rings. The van der Waals surface area contributed by atoms with Crippen LogP contribution in [0.1, 0.15) is 17.7 Å². The van der Waals surface area contributed by atoms with Crippen molar-refractivity contribution in [1.29, 1.82) is 0 Å². The number of aromatic nitrogens is 1. The molecule has 13 heavy (non-hydrogen) atoms. The summed E-state index contributed by atoms with van der Waals surface area (Å²) in [4.78, 5) is 3.59. The number of hydrogen-bond acceptors (Lipinski definition) is 2. The highest BCUT2D eigenvalue weighted by atomic mass is 35.5. The van der Waals surface area contributed by atoms with Crippen LogP contribution in [0.3, 0.4) is 0 Å². The van der Waals surface area contributed by atoms with Gasteiger partial charge in [0.1, 0.15) is 10.7 Å². The lowest BCUT2D eigenvalue weighted by molar-refractivity contribution is 0.144. The lowest BCUT2D eigenvalue weighted by Crippen LogP contribution is -1.98. The molecule has 0 amide bonds. The lowest BCUT2D eigenvalue weighted by atomic mass is 10.2. The minimum Gasteiger partial charge on any atom is -0.480 e. The molecular weight excluding hydrogens is 200 g/mol. The Morgan fingerprint density at radius 2 is 2.15 bits per heavy atom. The molecule has 0 atom stereocenters. The molecule has 0 aliphatic carbocycles. The van der Waals surface area contributed by atoms with E-state index in [0.717, 1.165) is 0 Å². The molecule has 0 unspecified atom stereocenters. The first-order chi connectivity index (χ1) is 6.06. The van der Waals surface area contributed by atoms with Gasteiger partial charge in [-0.15, -0.1) is 0 Å². The standard InChI is InChI=1S/C8H8ClF2NO/c1-4-3-5(9)8(13-2)12-6(4)7(10)11/h3,7H,1-2H3. The topological polar surface area (TPSA) is 22.1 Å². The van der Waals surface area contributed by atoms with E-state index < -0.39 is 6.43 Å². The Morgan fingerprint density at radius 1 is 1.54 bits per heavy atom. The predicted octanol–water partition coefficient (Wildman–Crippen LogP) is 2.99. The summed E-state index contributed by atoms with van der Waals surface area (Å²) in [6, 6.07) is 1.41. The number of aryl methyl sites for hydroxylation is 1. The summed E-state index contributed by atoms with van der Waals surface area (Å²) in [5.41, 5.74) is 0.0713. The van der Waals surface area contributed by atoms with Crippen LogP contribution in [0.2, 0.25) is 5.02 Å². The summed E-state index contributed by atoms with van der Waals surface area (Å²) in [7, 11) is 1.33. The Morgan fingerprint density at radius 3 is 2.62 bits per heavy atom. The van der Waals surface area contributed by atoms with Crippen LogP contribution in [0.25, 0.3) is 0 Å². The maximum atomic E-state index is 12.3. The van der Waals surface area contributed by atoms with E-state index >= 15 is 0 Å². The molecule has 72 valence electrons. The van der Waals surface area contributed by atoms with E-state index in [0.29, 0.717) is 5.56 Å². The van der Waals surface area contributed by atoms with Gasteiger partial charge in [-0.1, -0.05) is 11.6 Å². The summed E-state index contributed by atoms with van der Waals surface area (Å²) >= 11 is 5.67. The van der Waals surface area contributed by atoms with E-state index in [1.54, 1.807) is 0 Å². The molecule has 0 aliphatic heterocycles. The van der Waals surface area contributed by atoms with Crippen LogP contribution in [0.4, 0.5) is 8.78 Å². The van der Waals surface area contributed by atoms with Gasteiger partial charge in [-0.25, -0.2) is 13.8 Å². The van der Waals surface area contributed by atoms with Crippen LogP contribution < -0.4 is 4.74 Å². The van der Waals surface area contributed by atoms with Gasteiger partial charge >= 0.3 is 0 Å². The van der Waals surface area contributed by atoms with Crippen LogP contribution in [0.15, 0.2) is 6.07 Å². The molecular formula is C8H8ClF2NO. The first-order valence-electron chi connectivity index (χ1n) is 3.55. The minimum atomic E-state index is -2.61. The smallest absolute Gasteiger partial charge is 0.280 e. The third kappa shape index (κ3) is 2.06. The molecule has 0 saturated heterocycles. The summed E-state index contributed by atoms with van der Waals surface area (Å²) in [6.07, 6.45) is -2.61. The third-order valence-electron chi connectivity index (χ3n) is 1.57. The number of ether oxygens (including phenoxy) is 1. The SMILES string of the molecule is COc1nc(C(F)F)c(C)cc1Cl. The zero-order valence-electron chi connectivity index (χ0n) is 7.14. The van der Waals surface area contributed by atoms with Crippen LogP contribution in [-0.2, 0) is 0 Å². The average Bonchev–Trinajstić information content (AvgIpc) is 2.03. The maximum absolute atomic E-state index is 12.3. The maximum Gasteiger partial charge on any atom is 0.280 e. The average molecular weight is 208 g/mol. The van der Waals surface area contributed by atoms with Crippen LogP contribution >= 0.6 is 11.6 Å². The number of pyridine rings is 1. The van der Waals surface area contributed by atoms with E-state index in [1.807, 2.05) is 0 Å². The molecule has 0 aliphatic rings. The minimum absolute atomic E-state index is 0.0302. The van der Waals surface area contributed by atoms with Crippen molar-refractivity contribution in [2.75, 3.05) is 7.11 Å². The predicted molar refractivity (Wildman–Crippen MR) is 45.5 cm³/mol. The number of hydrogen-bond donors (Lipinski definition) is 0. The number of halogens is 3. The summed E-state index contributed by atoms with van der Waals surface area (Å²) in [6.45, 7) is 1.53. The van der Waals surface area contributed by atoms with Gasteiger partial charge in [0.25, 0.3) is 6.43 Å². The van der Waals surface area contributed by atoms with Gasteiger partial charge in [0.2, 0.25) is 5.88 Å². The van der Waals surface area contributed by atoms with Crippen molar-refractivity contribution in [3.8, 4) is 5.88 Å². The Bertz CT molecular complexity index is 317. The second-order valence-electron chi connectivity index (χ2n) is 2.48. The highest BCUT2D eigenvalue weighted by Crippen LogP contribution is 2.28. The van der Waals surface area contributed by atoms with Crippen molar-refractivity contribution < 1.29 is 13.5 Å². The second-order valence-corrected chi connectivity index (χ2v) is 2.89. The number of methoxy groups -OCH3 is 1. The van der Waals surface area contributed by atoms with Crippen molar-refractivity contribution in [3.05, 3.63) is 22.3 Å². The molecule has 2 nitrogen and oxygen atoms in total. The molecule has 0 bridgehead atoms. The summed E-state index contributed by atoms with van der Waals surface area (Å²) in [5.74, 6) is 0.0302. The first-order valence-corrected chi connectivity index (χ1v) is 3.93. The highest BCUT2D eigenvalue weighted by molar-refractivity contribution is 6.31. The van der Waals surface area contributed by atoms with Crippen molar-refractivity contribution in [2.24, 2.45) is 0 Å². The van der Waals surface area contributed by atoms with Crippen LogP contribution in [0, 0.1) is 6.92 Å². The molecule has 0 aromatic carbocycles. The van der Waals surface area contributed by atoms with E-state index in [4.69, 9.17) is 16.3 Å². The normalized spacial score (nSPS) is 10.6. The van der Waals surface area contributed by atoms with Crippen molar-refractivity contribution in [3.63, 3.8) is 0 Å². The molecule has 1 heterocycles. The van der Waals surface area contributed by atoms with E-state index in [1.165, 1.54) is 20.1 Å². The summed E-state index contributed by atoms with van der Waals surface area (Å²) in [5, 5.41) is 0.240. The Kier molecular flexibility index (Phi) is 3.03. The van der Waals surface area contributed by atoms with Gasteiger partial charge in [0.05, 0.1) is 7.11 Å². The zero-order valence-corrected chi connectivity index (χ0v) is 7.90. The van der Waals surface area contributed by atoms with Gasteiger partial charge in [0, 0.05) is 0 Å². The monoisotopic (exact) mass is 207 g/mol. The van der Waals surface area contributed by atoms with E-state index in [9.17, 15) is 8.78 Å². The van der Waals surface area contributed by atoms with Gasteiger partial charge in [-0.2, -0.15) is 0 Å².